The number of nitrogens with one attached hydrogen (secondary N) is 1. The molecule has 1 aromatic rings. The van der Waals surface area contributed by atoms with Gasteiger partial charge in [0.1, 0.15) is 5.75 Å². The topological polar surface area (TPSA) is 44.7 Å². The summed E-state index contributed by atoms with van der Waals surface area (Å²) in [6, 6.07) is 7.76. The zero-order chi connectivity index (χ0) is 13.5. The van der Waals surface area contributed by atoms with Crippen molar-refractivity contribution in [1.29, 1.82) is 0 Å². The average molecular weight is 264 g/mol. The molecule has 1 atom stereocenters. The number of nitrogens with zero attached hydrogens (tertiary/aromatic N) is 1. The molecule has 1 fully saturated rings. The molecule has 1 heterocycles. The molecule has 1 aliphatic heterocycles. The molecule has 1 unspecified atom stereocenters. The van der Waals surface area contributed by atoms with Crippen molar-refractivity contribution in [3.05, 3.63) is 29.8 Å². The molecule has 1 saturated heterocycles. The fraction of sp³-hybridized carbons (Fsp3) is 0.600. The molecule has 4 heteroatoms. The number of aliphatic hydroxyl groups is 1. The van der Waals surface area contributed by atoms with Gasteiger partial charge in [-0.2, -0.15) is 0 Å². The number of hydrogen-bond donors (Lipinski definition) is 2. The van der Waals surface area contributed by atoms with E-state index in [1.165, 1.54) is 0 Å². The van der Waals surface area contributed by atoms with Gasteiger partial charge in [0.2, 0.25) is 0 Å². The second kappa shape index (κ2) is 7.48. The Morgan fingerprint density at radius 1 is 1.37 bits per heavy atom. The van der Waals surface area contributed by atoms with Gasteiger partial charge in [0.25, 0.3) is 0 Å². The van der Waals surface area contributed by atoms with Gasteiger partial charge in [-0.1, -0.05) is 12.1 Å². The Kier molecular flexibility index (Phi) is 5.63. The first kappa shape index (κ1) is 14.3. The van der Waals surface area contributed by atoms with Crippen LogP contribution in [0.5, 0.6) is 5.75 Å². The minimum atomic E-state index is -0.446. The van der Waals surface area contributed by atoms with E-state index in [0.29, 0.717) is 13.2 Å². The Morgan fingerprint density at radius 3 is 3.11 bits per heavy atom. The Hall–Kier alpha value is -1.10. The lowest BCUT2D eigenvalue weighted by atomic mass is 10.1. The Morgan fingerprint density at radius 2 is 2.26 bits per heavy atom. The first-order valence-corrected chi connectivity index (χ1v) is 7.13. The maximum atomic E-state index is 10.3. The summed E-state index contributed by atoms with van der Waals surface area (Å²) in [5, 5.41) is 13.7. The van der Waals surface area contributed by atoms with Gasteiger partial charge < -0.3 is 15.2 Å². The van der Waals surface area contributed by atoms with Crippen LogP contribution in [0, 0.1) is 0 Å². The minimum absolute atomic E-state index is 0.446. The molecule has 2 rings (SSSR count). The summed E-state index contributed by atoms with van der Waals surface area (Å²) in [4.78, 5) is 2.32. The third-order valence-corrected chi connectivity index (χ3v) is 3.42. The van der Waals surface area contributed by atoms with Crippen molar-refractivity contribution in [3.8, 4) is 5.75 Å². The van der Waals surface area contributed by atoms with Crippen molar-refractivity contribution in [2.75, 3.05) is 39.3 Å². The van der Waals surface area contributed by atoms with Crippen molar-refractivity contribution in [3.63, 3.8) is 0 Å². The van der Waals surface area contributed by atoms with Gasteiger partial charge in [-0.05, 0) is 44.1 Å². The van der Waals surface area contributed by atoms with Gasteiger partial charge in [-0.15, -0.1) is 0 Å². The molecule has 106 valence electrons. The van der Waals surface area contributed by atoms with E-state index in [0.717, 1.165) is 43.9 Å². The molecule has 0 spiro atoms. The molecule has 0 amide bonds. The van der Waals surface area contributed by atoms with E-state index < -0.39 is 6.10 Å². The lowest BCUT2D eigenvalue weighted by Gasteiger charge is -2.23. The zero-order valence-corrected chi connectivity index (χ0v) is 11.6. The van der Waals surface area contributed by atoms with Crippen LogP contribution < -0.4 is 10.1 Å². The molecule has 0 aliphatic carbocycles. The van der Waals surface area contributed by atoms with Gasteiger partial charge in [0.05, 0.1) is 12.7 Å². The summed E-state index contributed by atoms with van der Waals surface area (Å²) in [5.74, 6) is 0.830. The van der Waals surface area contributed by atoms with Crippen LogP contribution in [-0.2, 0) is 0 Å². The smallest absolute Gasteiger partial charge is 0.119 e. The van der Waals surface area contributed by atoms with Crippen molar-refractivity contribution in [1.82, 2.24) is 10.2 Å². The molecule has 19 heavy (non-hydrogen) atoms. The lowest BCUT2D eigenvalue weighted by molar-refractivity contribution is 0.116. The molecule has 2 N–H and O–H groups in total. The third kappa shape index (κ3) is 4.49. The van der Waals surface area contributed by atoms with Gasteiger partial charge in [-0.3, -0.25) is 4.90 Å². The second-order valence-electron chi connectivity index (χ2n) is 4.93. The van der Waals surface area contributed by atoms with Crippen LogP contribution in [0.1, 0.15) is 25.0 Å². The Bertz CT molecular complexity index is 376. The maximum Gasteiger partial charge on any atom is 0.119 e. The quantitative estimate of drug-likeness (QED) is 0.844. The molecule has 1 aromatic carbocycles. The predicted octanol–water partition coefficient (Wildman–Crippen LogP) is 1.41. The number of hydrogen-bond acceptors (Lipinski definition) is 4. The van der Waals surface area contributed by atoms with E-state index in [1.807, 2.05) is 31.2 Å². The fourth-order valence-corrected chi connectivity index (χ4v) is 2.41. The van der Waals surface area contributed by atoms with Gasteiger partial charge in [0.15, 0.2) is 0 Å². The van der Waals surface area contributed by atoms with E-state index in [9.17, 15) is 5.11 Å². The first-order valence-electron chi connectivity index (χ1n) is 7.13. The van der Waals surface area contributed by atoms with Crippen LogP contribution in [0.3, 0.4) is 0 Å². The molecule has 1 aliphatic rings. The van der Waals surface area contributed by atoms with E-state index in [1.54, 1.807) is 0 Å². The maximum absolute atomic E-state index is 10.3. The fourth-order valence-electron chi connectivity index (χ4n) is 2.41. The van der Waals surface area contributed by atoms with Crippen LogP contribution in [0.25, 0.3) is 0 Å². The molecular weight excluding hydrogens is 240 g/mol. The second-order valence-corrected chi connectivity index (χ2v) is 4.93. The monoisotopic (exact) mass is 264 g/mol. The van der Waals surface area contributed by atoms with E-state index in [-0.39, 0.29) is 0 Å². The van der Waals surface area contributed by atoms with Crippen LogP contribution in [-0.4, -0.2) is 49.3 Å². The average Bonchev–Trinajstić information content (AvgIpc) is 2.68. The van der Waals surface area contributed by atoms with Crippen molar-refractivity contribution >= 4 is 0 Å². The van der Waals surface area contributed by atoms with Crippen molar-refractivity contribution in [2.45, 2.75) is 19.4 Å². The standard InChI is InChI=1S/C15H24N2O2/c1-2-19-14-6-3-5-13(11-14)15(18)12-17-9-4-7-16-8-10-17/h3,5-6,11,15-16,18H,2,4,7-10,12H2,1H3. The van der Waals surface area contributed by atoms with Gasteiger partial charge in [0, 0.05) is 19.6 Å². The third-order valence-electron chi connectivity index (χ3n) is 3.42. The number of aliphatic hydroxyl groups excluding tert-OH is 1. The summed E-state index contributed by atoms with van der Waals surface area (Å²) in [7, 11) is 0. The van der Waals surface area contributed by atoms with E-state index in [4.69, 9.17) is 4.74 Å². The highest BCUT2D eigenvalue weighted by Crippen LogP contribution is 2.20. The van der Waals surface area contributed by atoms with Crippen LogP contribution in [0.4, 0.5) is 0 Å². The Balaban J connectivity index is 1.94. The van der Waals surface area contributed by atoms with Crippen molar-refractivity contribution < 1.29 is 9.84 Å². The normalized spacial score (nSPS) is 18.8. The number of rotatable bonds is 5. The van der Waals surface area contributed by atoms with Crippen molar-refractivity contribution in [2.24, 2.45) is 0 Å². The van der Waals surface area contributed by atoms with Gasteiger partial charge in [-0.25, -0.2) is 0 Å². The first-order chi connectivity index (χ1) is 9.29. The van der Waals surface area contributed by atoms with E-state index >= 15 is 0 Å². The van der Waals surface area contributed by atoms with Crippen LogP contribution in [0.2, 0.25) is 0 Å². The highest BCUT2D eigenvalue weighted by Gasteiger charge is 2.15. The lowest BCUT2D eigenvalue weighted by Crippen LogP contribution is -2.32. The molecule has 0 bridgehead atoms. The summed E-state index contributed by atoms with van der Waals surface area (Å²) in [5.41, 5.74) is 0.933. The summed E-state index contributed by atoms with van der Waals surface area (Å²) in [6.07, 6.45) is 0.699. The number of β-amino-alcohol motifs (C(OH)–C–C–N with tert-alkyl or cyclic N) is 1. The summed E-state index contributed by atoms with van der Waals surface area (Å²) >= 11 is 0. The molecular formula is C15H24N2O2. The number of ether oxygens (including phenoxy) is 1. The molecule has 0 radical (unpaired) electrons. The van der Waals surface area contributed by atoms with Crippen LogP contribution >= 0.6 is 0 Å². The Labute approximate surface area is 115 Å². The molecule has 4 nitrogen and oxygen atoms in total. The SMILES string of the molecule is CCOc1cccc(C(O)CN2CCCNCC2)c1. The minimum Gasteiger partial charge on any atom is -0.494 e. The highest BCUT2D eigenvalue weighted by atomic mass is 16.5. The van der Waals surface area contributed by atoms with Gasteiger partial charge >= 0.3 is 0 Å². The molecule has 0 saturated carbocycles. The number of benzene rings is 1. The summed E-state index contributed by atoms with van der Waals surface area (Å²) in [6.45, 7) is 7.44. The zero-order valence-electron chi connectivity index (χ0n) is 11.6. The predicted molar refractivity (Wildman–Crippen MR) is 76.5 cm³/mol. The van der Waals surface area contributed by atoms with Crippen LogP contribution in [0.15, 0.2) is 24.3 Å². The largest absolute Gasteiger partial charge is 0.494 e. The highest BCUT2D eigenvalue weighted by molar-refractivity contribution is 5.30. The molecule has 0 aromatic heterocycles. The van der Waals surface area contributed by atoms with E-state index in [2.05, 4.69) is 10.2 Å². The summed E-state index contributed by atoms with van der Waals surface area (Å²) < 4.78 is 5.47.